The number of ether oxygens (including phenoxy) is 4. The second-order valence-corrected chi connectivity index (χ2v) is 25.4. The Balaban J connectivity index is 0.000000171. The maximum Gasteiger partial charge on any atom is 0.221 e. The van der Waals surface area contributed by atoms with E-state index >= 15 is 4.39 Å². The highest BCUT2D eigenvalue weighted by Gasteiger charge is 2.42. The van der Waals surface area contributed by atoms with Gasteiger partial charge in [0, 0.05) is 106 Å². The lowest BCUT2D eigenvalue weighted by Gasteiger charge is -2.38. The Morgan fingerprint density at radius 2 is 0.965 bits per heavy atom. The molecule has 0 unspecified atom stereocenters. The Labute approximate surface area is 500 Å². The summed E-state index contributed by atoms with van der Waals surface area (Å²) >= 11 is 0. The van der Waals surface area contributed by atoms with Crippen LogP contribution in [0.5, 0.6) is 0 Å². The molecule has 2 atom stereocenters. The molecule has 5 heterocycles. The number of hydrogen-bond donors (Lipinski definition) is 0. The van der Waals surface area contributed by atoms with E-state index in [0.29, 0.717) is 114 Å². The van der Waals surface area contributed by atoms with Crippen LogP contribution in [-0.4, -0.2) is 77.9 Å². The van der Waals surface area contributed by atoms with Crippen LogP contribution in [0.1, 0.15) is 152 Å². The molecule has 5 aromatic carbocycles. The number of allylic oxidation sites excluding steroid dienone is 2. The lowest BCUT2D eigenvalue weighted by Crippen LogP contribution is -2.44. The second-order valence-electron chi connectivity index (χ2n) is 23.3. The van der Waals surface area contributed by atoms with Crippen molar-refractivity contribution in [3.63, 3.8) is 0 Å². The monoisotopic (exact) mass is 1180 g/mol. The molecule has 5 saturated heterocycles. The molecule has 16 heteroatoms. The molecule has 85 heavy (non-hydrogen) atoms. The van der Waals surface area contributed by atoms with Crippen LogP contribution < -0.4 is 0 Å². The van der Waals surface area contributed by atoms with Gasteiger partial charge in [0.25, 0.3) is 0 Å². The highest BCUT2D eigenvalue weighted by molar-refractivity contribution is 7.89. The average molecular weight is 1190 g/mol. The minimum absolute atomic E-state index is 0.0211. The number of rotatable bonds is 13. The van der Waals surface area contributed by atoms with Crippen LogP contribution in [0.3, 0.4) is 0 Å². The van der Waals surface area contributed by atoms with E-state index in [0.717, 1.165) is 85.5 Å². The summed E-state index contributed by atoms with van der Waals surface area (Å²) in [6, 6.07) is 36.6. The van der Waals surface area contributed by atoms with Crippen LogP contribution in [0.4, 0.5) is 17.6 Å². The van der Waals surface area contributed by atoms with Crippen LogP contribution in [-0.2, 0) is 62.0 Å². The fourth-order valence-corrected chi connectivity index (χ4v) is 14.6. The van der Waals surface area contributed by atoms with E-state index in [1.54, 1.807) is 57.2 Å². The number of carbonyl (C=O) groups is 1. The minimum Gasteiger partial charge on any atom is -0.381 e. The van der Waals surface area contributed by atoms with Gasteiger partial charge in [-0.25, -0.2) is 26.0 Å². The summed E-state index contributed by atoms with van der Waals surface area (Å²) in [5, 5.41) is 26.0. The summed E-state index contributed by atoms with van der Waals surface area (Å²) < 4.78 is 106. The minimum atomic E-state index is -3.62. The molecule has 0 spiro atoms. The number of aryl methyl sites for hydroxylation is 3. The van der Waals surface area contributed by atoms with E-state index in [2.05, 4.69) is 12.1 Å². The van der Waals surface area contributed by atoms with E-state index in [-0.39, 0.29) is 52.1 Å². The first-order chi connectivity index (χ1) is 40.9. The molecule has 5 aliphatic heterocycles. The highest BCUT2D eigenvalue weighted by atomic mass is 32.2. The first kappa shape index (κ1) is 66.0. The number of halogens is 4. The zero-order valence-electron chi connectivity index (χ0n) is 49.5. The van der Waals surface area contributed by atoms with Gasteiger partial charge in [-0.2, -0.15) is 20.1 Å². The van der Waals surface area contributed by atoms with Crippen molar-refractivity contribution in [2.75, 3.05) is 52.9 Å². The number of benzene rings is 5. The average Bonchev–Trinajstić information content (AvgIpc) is 3.71. The van der Waals surface area contributed by atoms with Crippen molar-refractivity contribution in [1.29, 1.82) is 15.8 Å². The van der Waals surface area contributed by atoms with Crippen molar-refractivity contribution in [1.82, 2.24) is 4.31 Å². The second kappa shape index (κ2) is 30.7. The van der Waals surface area contributed by atoms with Crippen molar-refractivity contribution in [3.05, 3.63) is 189 Å². The van der Waals surface area contributed by atoms with Gasteiger partial charge in [-0.1, -0.05) is 84.9 Å². The van der Waals surface area contributed by atoms with Crippen molar-refractivity contribution in [2.45, 2.75) is 157 Å². The summed E-state index contributed by atoms with van der Waals surface area (Å²) in [4.78, 5) is 11.3. The molecule has 0 amide bonds. The van der Waals surface area contributed by atoms with Crippen LogP contribution in [0.15, 0.2) is 115 Å². The summed E-state index contributed by atoms with van der Waals surface area (Å²) in [7, 11) is -3.62. The fraction of sp³-hybridized carbons (Fsp3) is 0.478. The van der Waals surface area contributed by atoms with Crippen molar-refractivity contribution in [3.8, 4) is 18.2 Å². The Bertz CT molecular complexity index is 3300. The van der Waals surface area contributed by atoms with E-state index in [9.17, 15) is 26.4 Å². The summed E-state index contributed by atoms with van der Waals surface area (Å²) in [6.07, 6.45) is 14.1. The number of nitriles is 3. The van der Waals surface area contributed by atoms with Gasteiger partial charge in [0.05, 0.1) is 23.6 Å². The SMILES string of the molecule is C[C@H]1CC[C@H](c2ccccc2)S(=O)(=O)N1Cc1ccc(C2(CCC#N)CCOCC2)cc1F.Cc1ccc(C2(/C=C/C#N)CCOCC2)cc1F.Cc1ccc(C2(C=O)CCOCC2)cc1F.Cc1ccc(C2(CCC#N)CCOCC2)cc1F. The zero-order valence-corrected chi connectivity index (χ0v) is 50.3. The molecule has 5 aromatic rings. The Hall–Kier alpha value is -6.55. The Kier molecular flexibility index (Phi) is 23.8. The molecule has 0 bridgehead atoms. The lowest BCUT2D eigenvalue weighted by atomic mass is 9.71. The topological polar surface area (TPSA) is 163 Å². The van der Waals surface area contributed by atoms with Crippen LogP contribution in [0, 0.1) is 78.0 Å². The van der Waals surface area contributed by atoms with Gasteiger partial charge in [-0.15, -0.1) is 0 Å². The largest absolute Gasteiger partial charge is 0.381 e. The predicted octanol–water partition coefficient (Wildman–Crippen LogP) is 14.4. The third kappa shape index (κ3) is 16.3. The first-order valence-corrected chi connectivity index (χ1v) is 31.1. The molecule has 5 aliphatic rings. The molecular formula is C69H80F4N4O7S. The summed E-state index contributed by atoms with van der Waals surface area (Å²) in [5.41, 5.74) is 5.52. The number of carbonyl (C=O) groups excluding carboxylic acids is 1. The standard InChI is InChI=1S/C26H31FN2O3S.C15H18FNO.C15H16FNO.C13H15FO2/c1-20-8-11-25(21-6-3-2-4-7-21)33(30,31)29(20)19-22-9-10-23(18-24(22)27)26(12-5-15-28)13-16-32-17-14-26;2*1-12-3-4-13(11-14(12)16)15(5-2-8-17)6-9-18-10-7-15;1-10-2-3-11(8-12(10)14)13(9-15)4-6-16-7-5-13/h2-4,6-7,9-10,18,20,25H,5,8,11-14,16-17,19H2,1H3;3-4,11H,2,5-7,9-10H2,1H3;2-5,11H,6-7,9-10H2,1H3;2-3,8-9H,4-7H2,1H3/b;;5-2+;/t20-,25+;;;/m0.../s1. The van der Waals surface area contributed by atoms with Gasteiger partial charge < -0.3 is 23.7 Å². The molecule has 11 nitrogen and oxygen atoms in total. The maximum absolute atomic E-state index is 15.3. The van der Waals surface area contributed by atoms with Crippen LogP contribution in [0.2, 0.25) is 0 Å². The van der Waals surface area contributed by atoms with Crippen LogP contribution in [0.25, 0.3) is 0 Å². The molecule has 0 saturated carbocycles. The van der Waals surface area contributed by atoms with Gasteiger partial charge in [0.1, 0.15) is 34.8 Å². The molecule has 0 N–H and O–H groups in total. The van der Waals surface area contributed by atoms with Crippen molar-refractivity contribution < 1.29 is 49.7 Å². The molecule has 10 rings (SSSR count). The normalized spacial score (nSPS) is 21.1. The van der Waals surface area contributed by atoms with Gasteiger partial charge in [-0.3, -0.25) is 0 Å². The first-order valence-electron chi connectivity index (χ1n) is 29.6. The molecular weight excluding hydrogens is 1100 g/mol. The summed E-state index contributed by atoms with van der Waals surface area (Å²) in [5.74, 6) is -0.983. The molecule has 0 radical (unpaired) electrons. The molecule has 0 aliphatic carbocycles. The number of sulfonamides is 1. The smallest absolute Gasteiger partial charge is 0.221 e. The van der Waals surface area contributed by atoms with E-state index < -0.39 is 20.7 Å². The third-order valence-corrected chi connectivity index (χ3v) is 20.6. The number of nitrogens with zero attached hydrogens (tertiary/aromatic N) is 4. The van der Waals surface area contributed by atoms with Gasteiger partial charge in [-0.05, 0) is 174 Å². The molecule has 0 aromatic heterocycles. The molecule has 452 valence electrons. The van der Waals surface area contributed by atoms with E-state index in [1.807, 2.05) is 79.7 Å². The van der Waals surface area contributed by atoms with E-state index in [1.165, 1.54) is 16.4 Å². The zero-order chi connectivity index (χ0) is 61.1. The third-order valence-electron chi connectivity index (χ3n) is 18.3. The van der Waals surface area contributed by atoms with Crippen molar-refractivity contribution in [2.24, 2.45) is 0 Å². The van der Waals surface area contributed by atoms with E-state index in [4.69, 9.17) is 34.7 Å². The van der Waals surface area contributed by atoms with Crippen LogP contribution >= 0.6 is 0 Å². The quantitative estimate of drug-likeness (QED) is 0.0630. The fourth-order valence-electron chi connectivity index (χ4n) is 12.4. The van der Waals surface area contributed by atoms with Gasteiger partial charge >= 0.3 is 0 Å². The Morgan fingerprint density at radius 3 is 1.40 bits per heavy atom. The van der Waals surface area contributed by atoms with Gasteiger partial charge in [0.15, 0.2) is 0 Å². The highest BCUT2D eigenvalue weighted by Crippen LogP contribution is 2.43. The Morgan fingerprint density at radius 1 is 0.553 bits per heavy atom. The number of hydrogen-bond acceptors (Lipinski definition) is 10. The lowest BCUT2D eigenvalue weighted by molar-refractivity contribution is -0.115. The van der Waals surface area contributed by atoms with Crippen molar-refractivity contribution >= 4 is 16.3 Å². The van der Waals surface area contributed by atoms with Gasteiger partial charge in [0.2, 0.25) is 10.0 Å². The summed E-state index contributed by atoms with van der Waals surface area (Å²) in [6.45, 7) is 12.2. The predicted molar refractivity (Wildman–Crippen MR) is 320 cm³/mol. The maximum atomic E-state index is 15.3. The number of aldehydes is 1. The molecule has 5 fully saturated rings.